The number of hydrogen-bond donors (Lipinski definition) is 5. The van der Waals surface area contributed by atoms with Crippen LogP contribution in [0.3, 0.4) is 0 Å². The zero-order valence-corrected chi connectivity index (χ0v) is 19.7. The lowest BCUT2D eigenvalue weighted by Gasteiger charge is -2.10. The van der Waals surface area contributed by atoms with Crippen LogP contribution in [-0.2, 0) is 0 Å². The molecule has 0 aromatic rings. The van der Waals surface area contributed by atoms with E-state index in [1.165, 1.54) is 103 Å². The van der Waals surface area contributed by atoms with Crippen LogP contribution in [0.2, 0.25) is 6.04 Å². The van der Waals surface area contributed by atoms with E-state index in [-0.39, 0.29) is 6.04 Å². The van der Waals surface area contributed by atoms with Gasteiger partial charge in [0.05, 0.1) is 0 Å². The molecular formula is C22H50N2O3Si. The van der Waals surface area contributed by atoms with E-state index in [2.05, 4.69) is 17.6 Å². The van der Waals surface area contributed by atoms with Crippen LogP contribution < -0.4 is 10.6 Å². The lowest BCUT2D eigenvalue weighted by molar-refractivity contribution is 0.226. The van der Waals surface area contributed by atoms with Crippen molar-refractivity contribution in [3.05, 3.63) is 0 Å². The van der Waals surface area contributed by atoms with Crippen molar-refractivity contribution in [2.45, 2.75) is 122 Å². The normalized spacial score (nSPS) is 12.0. The molecule has 0 aliphatic heterocycles. The molecule has 28 heavy (non-hydrogen) atoms. The SMILES string of the molecule is CCCCCCCCCCCCCCCCCCNCNCCC[Si](O)(O)O. The van der Waals surface area contributed by atoms with Gasteiger partial charge in [0.25, 0.3) is 0 Å². The van der Waals surface area contributed by atoms with Crippen LogP contribution >= 0.6 is 0 Å². The predicted octanol–water partition coefficient (Wildman–Crippen LogP) is 4.69. The molecule has 0 radical (unpaired) electrons. The van der Waals surface area contributed by atoms with Gasteiger partial charge in [-0.2, -0.15) is 0 Å². The molecular weight excluding hydrogens is 368 g/mol. The molecule has 0 atom stereocenters. The first-order valence-corrected chi connectivity index (χ1v) is 14.2. The summed E-state index contributed by atoms with van der Waals surface area (Å²) < 4.78 is 0. The first-order valence-electron chi connectivity index (χ1n) is 12.1. The third-order valence-electron chi connectivity index (χ3n) is 5.32. The van der Waals surface area contributed by atoms with E-state index in [1.807, 2.05) is 0 Å². The molecule has 0 spiro atoms. The van der Waals surface area contributed by atoms with Gasteiger partial charge in [0.15, 0.2) is 0 Å². The van der Waals surface area contributed by atoms with Crippen LogP contribution in [-0.4, -0.2) is 42.9 Å². The maximum Gasteiger partial charge on any atom is 0.492 e. The Hall–Kier alpha value is 0.0169. The van der Waals surface area contributed by atoms with Crippen molar-refractivity contribution in [3.63, 3.8) is 0 Å². The second kappa shape index (κ2) is 21.7. The zero-order valence-electron chi connectivity index (χ0n) is 18.7. The van der Waals surface area contributed by atoms with Crippen molar-refractivity contribution in [1.82, 2.24) is 10.6 Å². The van der Waals surface area contributed by atoms with Gasteiger partial charge in [0.1, 0.15) is 0 Å². The minimum atomic E-state index is -3.83. The molecule has 0 heterocycles. The maximum atomic E-state index is 8.89. The second-order valence-electron chi connectivity index (χ2n) is 8.36. The Bertz CT molecular complexity index is 302. The fraction of sp³-hybridized carbons (Fsp3) is 1.00. The fourth-order valence-electron chi connectivity index (χ4n) is 3.51. The topological polar surface area (TPSA) is 84.8 Å². The highest BCUT2D eigenvalue weighted by Gasteiger charge is 2.25. The molecule has 0 aliphatic rings. The lowest BCUT2D eigenvalue weighted by Crippen LogP contribution is -2.36. The van der Waals surface area contributed by atoms with Gasteiger partial charge in [0.2, 0.25) is 0 Å². The van der Waals surface area contributed by atoms with Gasteiger partial charge in [0, 0.05) is 12.7 Å². The van der Waals surface area contributed by atoms with Crippen LogP contribution in [0, 0.1) is 0 Å². The molecule has 6 heteroatoms. The Labute approximate surface area is 176 Å². The molecule has 0 bridgehead atoms. The lowest BCUT2D eigenvalue weighted by atomic mass is 10.0. The first-order chi connectivity index (χ1) is 13.6. The minimum Gasteiger partial charge on any atom is -0.390 e. The summed E-state index contributed by atoms with van der Waals surface area (Å²) in [5.74, 6) is 0. The molecule has 0 rings (SSSR count). The molecule has 0 saturated heterocycles. The summed E-state index contributed by atoms with van der Waals surface area (Å²) in [4.78, 5) is 26.7. The predicted molar refractivity (Wildman–Crippen MR) is 122 cm³/mol. The smallest absolute Gasteiger partial charge is 0.390 e. The highest BCUT2D eigenvalue weighted by molar-refractivity contribution is 6.56. The van der Waals surface area contributed by atoms with Crippen molar-refractivity contribution in [1.29, 1.82) is 0 Å². The molecule has 5 N–H and O–H groups in total. The summed E-state index contributed by atoms with van der Waals surface area (Å²) in [6.07, 6.45) is 23.0. The molecule has 0 fully saturated rings. The molecule has 0 aromatic carbocycles. The van der Waals surface area contributed by atoms with Crippen molar-refractivity contribution >= 4 is 8.80 Å². The Morgan fingerprint density at radius 1 is 0.500 bits per heavy atom. The Kier molecular flexibility index (Phi) is 21.7. The van der Waals surface area contributed by atoms with Gasteiger partial charge < -0.3 is 25.0 Å². The third kappa shape index (κ3) is 26.0. The number of rotatable bonds is 23. The summed E-state index contributed by atoms with van der Waals surface area (Å²) in [6, 6.07) is 0.110. The van der Waals surface area contributed by atoms with Crippen LogP contribution in [0.5, 0.6) is 0 Å². The average Bonchev–Trinajstić information content (AvgIpc) is 2.65. The molecule has 5 nitrogen and oxygen atoms in total. The van der Waals surface area contributed by atoms with Crippen LogP contribution in [0.4, 0.5) is 0 Å². The van der Waals surface area contributed by atoms with Gasteiger partial charge in [-0.3, -0.25) is 0 Å². The van der Waals surface area contributed by atoms with Gasteiger partial charge in [-0.05, 0) is 25.9 Å². The number of unbranched alkanes of at least 4 members (excludes halogenated alkanes) is 15. The zero-order chi connectivity index (χ0) is 20.8. The fourth-order valence-corrected chi connectivity index (χ4v) is 4.16. The summed E-state index contributed by atoms with van der Waals surface area (Å²) in [7, 11) is -3.83. The maximum absolute atomic E-state index is 8.89. The van der Waals surface area contributed by atoms with Gasteiger partial charge in [-0.15, -0.1) is 0 Å². The largest absolute Gasteiger partial charge is 0.492 e. The van der Waals surface area contributed by atoms with E-state index in [0.717, 1.165) is 13.2 Å². The van der Waals surface area contributed by atoms with Gasteiger partial charge in [-0.25, -0.2) is 0 Å². The summed E-state index contributed by atoms with van der Waals surface area (Å²) in [5.41, 5.74) is 0. The van der Waals surface area contributed by atoms with Crippen molar-refractivity contribution in [2.24, 2.45) is 0 Å². The minimum absolute atomic E-state index is 0.110. The standard InChI is InChI=1S/C22H50N2O3Si/c1-2-3-4-5-6-7-8-9-10-11-12-13-14-15-16-17-19-23-22-24-20-18-21-28(25,26)27/h23-27H,2-22H2,1H3. The third-order valence-corrected chi connectivity index (χ3v) is 6.35. The van der Waals surface area contributed by atoms with Gasteiger partial charge >= 0.3 is 8.80 Å². The molecule has 0 saturated carbocycles. The van der Waals surface area contributed by atoms with Crippen LogP contribution in [0.25, 0.3) is 0 Å². The van der Waals surface area contributed by atoms with E-state index in [1.54, 1.807) is 0 Å². The Balaban J connectivity index is 3.01. The Morgan fingerprint density at radius 3 is 1.25 bits per heavy atom. The van der Waals surface area contributed by atoms with E-state index >= 15 is 0 Å². The highest BCUT2D eigenvalue weighted by atomic mass is 28.4. The van der Waals surface area contributed by atoms with E-state index in [0.29, 0.717) is 13.0 Å². The van der Waals surface area contributed by atoms with Crippen molar-refractivity contribution < 1.29 is 14.4 Å². The monoisotopic (exact) mass is 418 g/mol. The van der Waals surface area contributed by atoms with Crippen molar-refractivity contribution in [3.8, 4) is 0 Å². The van der Waals surface area contributed by atoms with E-state index in [9.17, 15) is 0 Å². The summed E-state index contributed by atoms with van der Waals surface area (Å²) >= 11 is 0. The average molecular weight is 419 g/mol. The molecule has 0 aliphatic carbocycles. The Morgan fingerprint density at radius 2 is 0.857 bits per heavy atom. The summed E-state index contributed by atoms with van der Waals surface area (Å²) in [6.45, 7) is 4.76. The van der Waals surface area contributed by atoms with Crippen molar-refractivity contribution in [2.75, 3.05) is 19.8 Å². The quantitative estimate of drug-likeness (QED) is 0.0944. The van der Waals surface area contributed by atoms with Gasteiger partial charge in [-0.1, -0.05) is 103 Å². The van der Waals surface area contributed by atoms with E-state index in [4.69, 9.17) is 14.4 Å². The first kappa shape index (κ1) is 28.0. The molecule has 0 aromatic heterocycles. The van der Waals surface area contributed by atoms with Crippen LogP contribution in [0.1, 0.15) is 116 Å². The molecule has 0 amide bonds. The molecule has 0 unspecified atom stereocenters. The van der Waals surface area contributed by atoms with Crippen LogP contribution in [0.15, 0.2) is 0 Å². The molecule has 170 valence electrons. The second-order valence-corrected chi connectivity index (χ2v) is 10.4. The number of hydrogen-bond acceptors (Lipinski definition) is 5. The van der Waals surface area contributed by atoms with E-state index < -0.39 is 8.80 Å². The summed E-state index contributed by atoms with van der Waals surface area (Å²) in [5, 5.41) is 6.54. The highest BCUT2D eigenvalue weighted by Crippen LogP contribution is 2.13. The number of nitrogens with one attached hydrogen (secondary N) is 2.